The second kappa shape index (κ2) is 3.93. The number of ether oxygens (including phenoxy) is 1. The molecule has 0 aromatic carbocycles. The highest BCUT2D eigenvalue weighted by molar-refractivity contribution is 5.70. The molecule has 4 heteroatoms. The molecule has 2 fully saturated rings. The van der Waals surface area contributed by atoms with Crippen LogP contribution in [0.4, 0.5) is 4.79 Å². The number of carbonyl (C=O) groups is 1. The van der Waals surface area contributed by atoms with Crippen molar-refractivity contribution in [3.63, 3.8) is 0 Å². The Bertz CT molecular complexity index is 345. The summed E-state index contributed by atoms with van der Waals surface area (Å²) in [6, 6.07) is -0.0349. The zero-order valence-electron chi connectivity index (χ0n) is 10.8. The molecule has 1 amide bonds. The van der Waals surface area contributed by atoms with E-state index in [1.54, 1.807) is 4.90 Å². The van der Waals surface area contributed by atoms with Gasteiger partial charge in [-0.3, -0.25) is 4.90 Å². The summed E-state index contributed by atoms with van der Waals surface area (Å²) in [5, 5.41) is 9.65. The number of hydrogen-bond acceptors (Lipinski definition) is 3. The number of rotatable bonds is 1. The van der Waals surface area contributed by atoms with Crippen LogP contribution in [0.2, 0.25) is 0 Å². The van der Waals surface area contributed by atoms with E-state index in [1.165, 1.54) is 0 Å². The lowest BCUT2D eigenvalue weighted by atomic mass is 9.98. The third-order valence-corrected chi connectivity index (χ3v) is 3.53. The Morgan fingerprint density at radius 2 is 2.06 bits per heavy atom. The van der Waals surface area contributed by atoms with Crippen LogP contribution in [-0.4, -0.2) is 33.8 Å². The van der Waals surface area contributed by atoms with Gasteiger partial charge in [-0.15, -0.1) is 0 Å². The van der Waals surface area contributed by atoms with Crippen molar-refractivity contribution >= 4 is 6.09 Å². The molecule has 2 aliphatic rings. The van der Waals surface area contributed by atoms with E-state index in [9.17, 15) is 9.90 Å². The summed E-state index contributed by atoms with van der Waals surface area (Å²) < 4.78 is 5.39. The Morgan fingerprint density at radius 3 is 2.59 bits per heavy atom. The summed E-state index contributed by atoms with van der Waals surface area (Å²) >= 11 is 0. The molecule has 17 heavy (non-hydrogen) atoms. The smallest absolute Gasteiger partial charge is 0.411 e. The maximum absolute atomic E-state index is 12.1. The Kier molecular flexibility index (Phi) is 2.84. The van der Waals surface area contributed by atoms with Gasteiger partial charge in [-0.1, -0.05) is 6.58 Å². The van der Waals surface area contributed by atoms with E-state index in [0.29, 0.717) is 5.92 Å². The molecule has 0 aromatic rings. The van der Waals surface area contributed by atoms with Gasteiger partial charge in [0.15, 0.2) is 0 Å². The zero-order chi connectivity index (χ0) is 12.8. The van der Waals surface area contributed by atoms with Crippen LogP contribution in [-0.2, 0) is 4.74 Å². The summed E-state index contributed by atoms with van der Waals surface area (Å²) in [5.74, 6) is 0.438. The fourth-order valence-electron chi connectivity index (χ4n) is 3.00. The van der Waals surface area contributed by atoms with E-state index in [1.807, 2.05) is 20.8 Å². The predicted molar refractivity (Wildman–Crippen MR) is 64.8 cm³/mol. The fourth-order valence-corrected chi connectivity index (χ4v) is 3.00. The van der Waals surface area contributed by atoms with Gasteiger partial charge in [-0.2, -0.15) is 0 Å². The van der Waals surface area contributed by atoms with Crippen LogP contribution < -0.4 is 0 Å². The molecular formula is C13H21NO3. The minimum absolute atomic E-state index is 0.0862. The normalized spacial score (nSPS) is 31.7. The number of aliphatic hydroxyl groups excluding tert-OH is 1. The van der Waals surface area contributed by atoms with Crippen LogP contribution in [0.25, 0.3) is 0 Å². The van der Waals surface area contributed by atoms with Crippen molar-refractivity contribution in [1.82, 2.24) is 4.90 Å². The highest BCUT2D eigenvalue weighted by Gasteiger charge is 2.50. The molecule has 1 saturated carbocycles. The summed E-state index contributed by atoms with van der Waals surface area (Å²) in [6.07, 6.45) is 2.70. The molecule has 0 radical (unpaired) electrons. The van der Waals surface area contributed by atoms with Crippen molar-refractivity contribution < 1.29 is 14.6 Å². The molecule has 1 heterocycles. The first-order chi connectivity index (χ1) is 7.79. The minimum Gasteiger partial charge on any atom is -0.511 e. The summed E-state index contributed by atoms with van der Waals surface area (Å²) in [6.45, 7) is 9.14. The van der Waals surface area contributed by atoms with Crippen molar-refractivity contribution in [2.45, 2.75) is 57.7 Å². The van der Waals surface area contributed by atoms with Crippen molar-refractivity contribution in [1.29, 1.82) is 0 Å². The topological polar surface area (TPSA) is 49.8 Å². The monoisotopic (exact) mass is 239 g/mol. The maximum Gasteiger partial charge on any atom is 0.411 e. The van der Waals surface area contributed by atoms with Crippen molar-refractivity contribution in [3.05, 3.63) is 12.3 Å². The number of fused-ring (bicyclic) bond motifs is 2. The Morgan fingerprint density at radius 1 is 1.41 bits per heavy atom. The van der Waals surface area contributed by atoms with Gasteiger partial charge in [0.1, 0.15) is 11.4 Å². The number of piperidine rings is 1. The highest BCUT2D eigenvalue weighted by atomic mass is 16.6. The molecule has 4 nitrogen and oxygen atoms in total. The van der Waals surface area contributed by atoms with Crippen molar-refractivity contribution in [2.75, 3.05) is 0 Å². The van der Waals surface area contributed by atoms with Gasteiger partial charge in [0.2, 0.25) is 0 Å². The molecule has 1 saturated heterocycles. The standard InChI is InChI=1S/C13H21NO3/c1-8(15)11-9-5-6-10(7-9)14(11)12(16)17-13(2,3)4/h9-11,15H,1,5-7H2,2-4H3. The Balaban J connectivity index is 2.14. The average molecular weight is 239 g/mol. The SMILES string of the molecule is C=C(O)C1C2CCC(C2)N1C(=O)OC(C)(C)C. The van der Waals surface area contributed by atoms with Crippen LogP contribution in [0.5, 0.6) is 0 Å². The van der Waals surface area contributed by atoms with E-state index in [0.717, 1.165) is 19.3 Å². The zero-order valence-corrected chi connectivity index (χ0v) is 10.8. The molecule has 0 aromatic heterocycles. The molecule has 1 N–H and O–H groups in total. The van der Waals surface area contributed by atoms with Gasteiger partial charge in [0.05, 0.1) is 6.04 Å². The molecule has 2 rings (SSSR count). The van der Waals surface area contributed by atoms with E-state index >= 15 is 0 Å². The Labute approximate surface area is 102 Å². The second-order valence-corrected chi connectivity index (χ2v) is 6.05. The second-order valence-electron chi connectivity index (χ2n) is 6.05. The third kappa shape index (κ3) is 2.26. The third-order valence-electron chi connectivity index (χ3n) is 3.53. The lowest BCUT2D eigenvalue weighted by molar-refractivity contribution is 0.00728. The lowest BCUT2D eigenvalue weighted by Crippen LogP contribution is -2.47. The van der Waals surface area contributed by atoms with Crippen LogP contribution in [0.1, 0.15) is 40.0 Å². The average Bonchev–Trinajstić information content (AvgIpc) is 2.72. The number of likely N-dealkylation sites (tertiary alicyclic amines) is 1. The number of nitrogens with zero attached hydrogens (tertiary/aromatic N) is 1. The van der Waals surface area contributed by atoms with Crippen LogP contribution in [0.3, 0.4) is 0 Å². The summed E-state index contributed by atoms with van der Waals surface area (Å²) in [5.41, 5.74) is -0.500. The largest absolute Gasteiger partial charge is 0.511 e. The van der Waals surface area contributed by atoms with E-state index < -0.39 is 5.60 Å². The van der Waals surface area contributed by atoms with Gasteiger partial charge in [0, 0.05) is 6.04 Å². The van der Waals surface area contributed by atoms with Crippen molar-refractivity contribution in [3.8, 4) is 0 Å². The van der Waals surface area contributed by atoms with E-state index in [-0.39, 0.29) is 23.9 Å². The van der Waals surface area contributed by atoms with Gasteiger partial charge < -0.3 is 9.84 Å². The van der Waals surface area contributed by atoms with Crippen LogP contribution in [0.15, 0.2) is 12.3 Å². The Hall–Kier alpha value is -1.19. The fraction of sp³-hybridized carbons (Fsp3) is 0.769. The quantitative estimate of drug-likeness (QED) is 0.716. The molecule has 96 valence electrons. The predicted octanol–water partition coefficient (Wildman–Crippen LogP) is 2.85. The minimum atomic E-state index is -0.500. The molecule has 3 atom stereocenters. The molecule has 3 unspecified atom stereocenters. The van der Waals surface area contributed by atoms with E-state index in [4.69, 9.17) is 4.74 Å². The number of carbonyl (C=O) groups excluding carboxylic acids is 1. The first-order valence-corrected chi connectivity index (χ1v) is 6.18. The molecule has 0 spiro atoms. The van der Waals surface area contributed by atoms with Gasteiger partial charge >= 0.3 is 6.09 Å². The van der Waals surface area contributed by atoms with Gasteiger partial charge in [-0.25, -0.2) is 4.79 Å². The van der Waals surface area contributed by atoms with Crippen LogP contribution >= 0.6 is 0 Å². The van der Waals surface area contributed by atoms with Crippen LogP contribution in [0, 0.1) is 5.92 Å². The van der Waals surface area contributed by atoms with Gasteiger partial charge in [-0.05, 0) is 46.0 Å². The van der Waals surface area contributed by atoms with E-state index in [2.05, 4.69) is 6.58 Å². The highest BCUT2D eigenvalue weighted by Crippen LogP contribution is 2.44. The lowest BCUT2D eigenvalue weighted by Gasteiger charge is -2.35. The molecule has 2 bridgehead atoms. The number of amides is 1. The first-order valence-electron chi connectivity index (χ1n) is 6.18. The number of hydrogen-bond donors (Lipinski definition) is 1. The first kappa shape index (κ1) is 12.3. The van der Waals surface area contributed by atoms with Crippen molar-refractivity contribution in [2.24, 2.45) is 5.92 Å². The molecule has 1 aliphatic carbocycles. The maximum atomic E-state index is 12.1. The molecule has 1 aliphatic heterocycles. The van der Waals surface area contributed by atoms with Gasteiger partial charge in [0.25, 0.3) is 0 Å². The molecular weight excluding hydrogens is 218 g/mol. The number of aliphatic hydroxyl groups is 1. The summed E-state index contributed by atoms with van der Waals surface area (Å²) in [4.78, 5) is 13.8. The summed E-state index contributed by atoms with van der Waals surface area (Å²) in [7, 11) is 0.